The molecule has 11 heavy (non-hydrogen) atoms. The second-order valence-corrected chi connectivity index (χ2v) is 1.67. The number of allylic oxidation sites excluding steroid dienone is 1. The summed E-state index contributed by atoms with van der Waals surface area (Å²) in [5.74, 6) is -3.93. The molecule has 0 N–H and O–H groups in total. The second-order valence-electron chi connectivity index (χ2n) is 1.67. The van der Waals surface area contributed by atoms with Crippen LogP contribution in [-0.2, 0) is 14.4 Å². The fraction of sp³-hybridized carbons (Fsp3) is 0.167. The lowest BCUT2D eigenvalue weighted by Crippen LogP contribution is -2.25. The van der Waals surface area contributed by atoms with E-state index in [1.165, 1.54) is 0 Å². The lowest BCUT2D eigenvalue weighted by molar-refractivity contribution is -0.304. The van der Waals surface area contributed by atoms with Gasteiger partial charge in [-0.3, -0.25) is 4.79 Å². The van der Waals surface area contributed by atoms with Crippen LogP contribution in [-0.4, -0.2) is 17.7 Å². The van der Waals surface area contributed by atoms with Gasteiger partial charge >= 0.3 is 0 Å². The highest BCUT2D eigenvalue weighted by Crippen LogP contribution is 1.82. The molecule has 0 amide bonds. The van der Waals surface area contributed by atoms with Crippen LogP contribution in [0.4, 0.5) is 0 Å². The Hall–Kier alpha value is -1.65. The molecule has 0 saturated carbocycles. The Morgan fingerprint density at radius 3 is 2.00 bits per heavy atom. The molecule has 0 saturated heterocycles. The van der Waals surface area contributed by atoms with Crippen molar-refractivity contribution < 1.29 is 24.6 Å². The molecule has 0 aliphatic rings. The first-order chi connectivity index (χ1) is 5.02. The zero-order valence-corrected chi connectivity index (χ0v) is 5.40. The van der Waals surface area contributed by atoms with Gasteiger partial charge in [-0.2, -0.15) is 0 Å². The van der Waals surface area contributed by atoms with Gasteiger partial charge in [-0.05, 0) is 12.2 Å². The summed E-state index contributed by atoms with van der Waals surface area (Å²) in [6.07, 6.45) is 0.264. The summed E-state index contributed by atoms with van der Waals surface area (Å²) >= 11 is 0. The maximum absolute atomic E-state index is 10.4. The molecule has 0 fully saturated rings. The minimum absolute atomic E-state index is 0.464. The van der Waals surface area contributed by atoms with Gasteiger partial charge in [0.15, 0.2) is 5.78 Å². The number of hydrogen-bond acceptors (Lipinski definition) is 5. The molecule has 0 aliphatic carbocycles. The van der Waals surface area contributed by atoms with Crippen LogP contribution in [0, 0.1) is 0 Å². The number of ketones is 1. The fourth-order valence-electron chi connectivity index (χ4n) is 0.362. The van der Waals surface area contributed by atoms with E-state index in [-0.39, 0.29) is 0 Å². The number of rotatable bonds is 4. The van der Waals surface area contributed by atoms with E-state index in [4.69, 9.17) is 0 Å². The largest absolute Gasteiger partial charge is 0.550 e. The first kappa shape index (κ1) is 9.35. The SMILES string of the molecule is O=C([O-])/C=C\C(=O)CC(=O)[O-]. The third kappa shape index (κ3) is 6.23. The Bertz CT molecular complexity index is 215. The average Bonchev–Trinajstić information content (AvgIpc) is 1.82. The first-order valence-corrected chi connectivity index (χ1v) is 2.64. The predicted molar refractivity (Wildman–Crippen MR) is 28.8 cm³/mol. The van der Waals surface area contributed by atoms with Crippen LogP contribution in [0.3, 0.4) is 0 Å². The summed E-state index contributed by atoms with van der Waals surface area (Å²) in [7, 11) is 0. The van der Waals surface area contributed by atoms with Crippen LogP contribution in [0.25, 0.3) is 0 Å². The molecule has 0 bridgehead atoms. The molecule has 5 nitrogen and oxygen atoms in total. The van der Waals surface area contributed by atoms with Crippen molar-refractivity contribution in [3.05, 3.63) is 12.2 Å². The van der Waals surface area contributed by atoms with Crippen LogP contribution in [0.15, 0.2) is 12.2 Å². The summed E-state index contributed by atoms with van der Waals surface area (Å²) < 4.78 is 0. The van der Waals surface area contributed by atoms with Crippen LogP contribution in [0.1, 0.15) is 6.42 Å². The molecule has 0 spiro atoms. The minimum Gasteiger partial charge on any atom is -0.550 e. The van der Waals surface area contributed by atoms with Gasteiger partial charge in [-0.1, -0.05) is 0 Å². The summed E-state index contributed by atoms with van der Waals surface area (Å²) in [4.78, 5) is 29.8. The van der Waals surface area contributed by atoms with E-state index in [1.807, 2.05) is 0 Å². The molecular formula is C6H4O5-2. The quantitative estimate of drug-likeness (QED) is 0.319. The van der Waals surface area contributed by atoms with E-state index in [1.54, 1.807) is 0 Å². The number of aliphatic carboxylic acids is 2. The summed E-state index contributed by atoms with van der Waals surface area (Å²) in [5, 5.41) is 19.4. The number of carboxylic acids is 2. The van der Waals surface area contributed by atoms with Gasteiger partial charge in [0.1, 0.15) is 0 Å². The Kier molecular flexibility index (Phi) is 3.58. The molecular weight excluding hydrogens is 152 g/mol. The normalized spacial score (nSPS) is 9.82. The van der Waals surface area contributed by atoms with E-state index in [9.17, 15) is 24.6 Å². The van der Waals surface area contributed by atoms with E-state index < -0.39 is 24.1 Å². The molecule has 0 aliphatic heterocycles. The van der Waals surface area contributed by atoms with Crippen molar-refractivity contribution >= 4 is 17.7 Å². The minimum atomic E-state index is -1.54. The zero-order chi connectivity index (χ0) is 8.85. The second kappa shape index (κ2) is 4.21. The van der Waals surface area contributed by atoms with Crippen molar-refractivity contribution in [3.8, 4) is 0 Å². The molecule has 0 atom stereocenters. The molecule has 0 rings (SSSR count). The van der Waals surface area contributed by atoms with Gasteiger partial charge in [0.05, 0.1) is 12.4 Å². The number of carbonyl (C=O) groups is 3. The van der Waals surface area contributed by atoms with Crippen LogP contribution in [0.5, 0.6) is 0 Å². The smallest absolute Gasteiger partial charge is 0.161 e. The third-order valence-corrected chi connectivity index (χ3v) is 0.724. The number of hydrogen-bond donors (Lipinski definition) is 0. The van der Waals surface area contributed by atoms with Crippen molar-refractivity contribution in [2.45, 2.75) is 6.42 Å². The molecule has 5 heteroatoms. The van der Waals surface area contributed by atoms with Gasteiger partial charge in [0, 0.05) is 5.97 Å². The third-order valence-electron chi connectivity index (χ3n) is 0.724. The number of carboxylic acid groups (broad SMARTS) is 2. The highest BCUT2D eigenvalue weighted by Gasteiger charge is 1.94. The Balaban J connectivity index is 3.88. The van der Waals surface area contributed by atoms with E-state index >= 15 is 0 Å². The van der Waals surface area contributed by atoms with Gasteiger partial charge in [0.25, 0.3) is 0 Å². The summed E-state index contributed by atoms with van der Waals surface area (Å²) in [5.41, 5.74) is 0. The molecule has 0 aromatic carbocycles. The summed E-state index contributed by atoms with van der Waals surface area (Å²) in [6, 6.07) is 0. The topological polar surface area (TPSA) is 97.3 Å². The monoisotopic (exact) mass is 156 g/mol. The van der Waals surface area contributed by atoms with Crippen LogP contribution >= 0.6 is 0 Å². The maximum atomic E-state index is 10.4. The average molecular weight is 156 g/mol. The van der Waals surface area contributed by atoms with E-state index in [2.05, 4.69) is 0 Å². The lowest BCUT2D eigenvalue weighted by atomic mass is 10.2. The summed E-state index contributed by atoms with van der Waals surface area (Å²) in [6.45, 7) is 0. The molecule has 0 radical (unpaired) electrons. The standard InChI is InChI=1S/C6H6O5/c7-4(3-6(10)11)1-2-5(8)9/h1-2H,3H2,(H,8,9)(H,10,11)/p-2/b2-1-. The maximum Gasteiger partial charge on any atom is 0.161 e. The Morgan fingerprint density at radius 2 is 1.64 bits per heavy atom. The van der Waals surface area contributed by atoms with E-state index in [0.29, 0.717) is 12.2 Å². The molecule has 60 valence electrons. The predicted octanol–water partition coefficient (Wildman–Crippen LogP) is -3.00. The van der Waals surface area contributed by atoms with Crippen molar-refractivity contribution in [2.75, 3.05) is 0 Å². The van der Waals surface area contributed by atoms with Crippen LogP contribution in [0.2, 0.25) is 0 Å². The highest BCUT2D eigenvalue weighted by molar-refractivity contribution is 6.02. The van der Waals surface area contributed by atoms with Gasteiger partial charge in [-0.15, -0.1) is 0 Å². The zero-order valence-electron chi connectivity index (χ0n) is 5.40. The van der Waals surface area contributed by atoms with Crippen molar-refractivity contribution in [1.29, 1.82) is 0 Å². The van der Waals surface area contributed by atoms with Gasteiger partial charge in [-0.25, -0.2) is 0 Å². The molecule has 0 aromatic rings. The Labute approximate surface area is 61.9 Å². The molecule has 0 unspecified atom stereocenters. The van der Waals surface area contributed by atoms with Crippen molar-refractivity contribution in [1.82, 2.24) is 0 Å². The molecule has 0 aromatic heterocycles. The van der Waals surface area contributed by atoms with Crippen molar-refractivity contribution in [2.24, 2.45) is 0 Å². The van der Waals surface area contributed by atoms with Gasteiger partial charge in [0.2, 0.25) is 0 Å². The van der Waals surface area contributed by atoms with Gasteiger partial charge < -0.3 is 19.8 Å². The Morgan fingerprint density at radius 1 is 1.09 bits per heavy atom. The fourth-order valence-corrected chi connectivity index (χ4v) is 0.362. The number of carbonyl (C=O) groups excluding carboxylic acids is 3. The van der Waals surface area contributed by atoms with Crippen LogP contribution < -0.4 is 10.2 Å². The highest BCUT2D eigenvalue weighted by atomic mass is 16.4. The van der Waals surface area contributed by atoms with E-state index in [0.717, 1.165) is 0 Å². The van der Waals surface area contributed by atoms with Crippen molar-refractivity contribution in [3.63, 3.8) is 0 Å². The first-order valence-electron chi connectivity index (χ1n) is 2.64. The molecule has 0 heterocycles. The lowest BCUT2D eigenvalue weighted by Gasteiger charge is -1.95.